The lowest BCUT2D eigenvalue weighted by Gasteiger charge is -2.29. The number of ether oxygens (including phenoxy) is 3. The Labute approximate surface area is 208 Å². The Bertz CT molecular complexity index is 1160. The van der Waals surface area contributed by atoms with Gasteiger partial charge in [-0.3, -0.25) is 9.59 Å². The Balaban J connectivity index is 1.95. The highest BCUT2D eigenvalue weighted by Gasteiger charge is 2.58. The van der Waals surface area contributed by atoms with Crippen LogP contribution in [0.3, 0.4) is 0 Å². The highest BCUT2D eigenvalue weighted by Crippen LogP contribution is 2.53. The topological polar surface area (TPSA) is 99.2 Å². The molecule has 184 valence electrons. The van der Waals surface area contributed by atoms with Crippen LogP contribution in [-0.2, 0) is 39.9 Å². The van der Waals surface area contributed by atoms with Gasteiger partial charge in [0.25, 0.3) is 5.91 Å². The van der Waals surface area contributed by atoms with Crippen LogP contribution in [-0.4, -0.2) is 42.4 Å². The molecule has 1 aliphatic rings. The summed E-state index contributed by atoms with van der Waals surface area (Å²) in [6, 6.07) is 15.6. The number of hydrogen-bond donors (Lipinski definition) is 0. The summed E-state index contributed by atoms with van der Waals surface area (Å²) in [5.74, 6) is -2.50. The minimum atomic E-state index is -1.79. The van der Waals surface area contributed by atoms with Crippen LogP contribution in [0.25, 0.3) is 0 Å². The SMILES string of the molecule is C=C(C(=O)OC)C1(SCC(=O)OCc2ccccc2)C(=O)N(C(=O)OC(C)(C)C)c2ccccc21. The fourth-order valence-electron chi connectivity index (χ4n) is 3.57. The molecular weight excluding hydrogens is 470 g/mol. The molecule has 2 aromatic rings. The van der Waals surface area contributed by atoms with Gasteiger partial charge in [0.05, 0.1) is 24.1 Å². The van der Waals surface area contributed by atoms with Crippen molar-refractivity contribution in [2.75, 3.05) is 17.8 Å². The zero-order valence-electron chi connectivity index (χ0n) is 20.0. The van der Waals surface area contributed by atoms with Gasteiger partial charge in [-0.25, -0.2) is 14.5 Å². The van der Waals surface area contributed by atoms with Crippen molar-refractivity contribution in [3.05, 3.63) is 77.9 Å². The summed E-state index contributed by atoms with van der Waals surface area (Å²) >= 11 is 0.843. The number of para-hydroxylation sites is 1. The maximum Gasteiger partial charge on any atom is 0.421 e. The van der Waals surface area contributed by atoms with Crippen molar-refractivity contribution in [3.63, 3.8) is 0 Å². The number of methoxy groups -OCH3 is 1. The Morgan fingerprint density at radius 3 is 2.29 bits per heavy atom. The standard InChI is InChI=1S/C26H27NO7S/c1-17(22(29)32-5)26(35-16-21(28)33-15-18-11-7-6-8-12-18)19-13-9-10-14-20(19)27(23(26)30)24(31)34-25(2,3)4/h6-14H,1,15-16H2,2-5H3. The van der Waals surface area contributed by atoms with Crippen LogP contribution in [0.5, 0.6) is 0 Å². The second-order valence-electron chi connectivity index (χ2n) is 8.72. The van der Waals surface area contributed by atoms with Crippen molar-refractivity contribution in [3.8, 4) is 0 Å². The molecule has 2 amide bonds. The van der Waals surface area contributed by atoms with Crippen molar-refractivity contribution in [2.45, 2.75) is 37.7 Å². The molecule has 2 aromatic carbocycles. The third-order valence-corrected chi connectivity index (χ3v) is 6.56. The van der Waals surface area contributed by atoms with E-state index in [1.807, 2.05) is 30.3 Å². The molecule has 0 saturated heterocycles. The molecule has 0 fully saturated rings. The molecule has 8 nitrogen and oxygen atoms in total. The highest BCUT2D eigenvalue weighted by molar-refractivity contribution is 8.01. The third kappa shape index (κ3) is 5.40. The maximum absolute atomic E-state index is 13.8. The van der Waals surface area contributed by atoms with Crippen LogP contribution in [0, 0.1) is 0 Å². The van der Waals surface area contributed by atoms with Crippen molar-refractivity contribution >= 4 is 41.4 Å². The van der Waals surface area contributed by atoms with E-state index >= 15 is 0 Å². The Morgan fingerprint density at radius 1 is 1.03 bits per heavy atom. The van der Waals surface area contributed by atoms with Crippen molar-refractivity contribution in [2.24, 2.45) is 0 Å². The largest absolute Gasteiger partial charge is 0.466 e. The van der Waals surface area contributed by atoms with E-state index in [1.165, 1.54) is 0 Å². The summed E-state index contributed by atoms with van der Waals surface area (Å²) in [4.78, 5) is 52.9. The summed E-state index contributed by atoms with van der Waals surface area (Å²) in [6.07, 6.45) is -0.901. The predicted octanol–water partition coefficient (Wildman–Crippen LogP) is 4.37. The summed E-state index contributed by atoms with van der Waals surface area (Å²) in [5.41, 5.74) is 0.280. The molecule has 1 heterocycles. The van der Waals surface area contributed by atoms with Gasteiger partial charge in [-0.15, -0.1) is 11.8 Å². The monoisotopic (exact) mass is 497 g/mol. The zero-order valence-corrected chi connectivity index (χ0v) is 20.8. The van der Waals surface area contributed by atoms with Gasteiger partial charge >= 0.3 is 18.0 Å². The van der Waals surface area contributed by atoms with Gasteiger partial charge in [0.15, 0.2) is 4.75 Å². The Morgan fingerprint density at radius 2 is 1.66 bits per heavy atom. The van der Waals surface area contributed by atoms with Gasteiger partial charge in [-0.1, -0.05) is 55.1 Å². The molecule has 35 heavy (non-hydrogen) atoms. The average molecular weight is 498 g/mol. The molecule has 0 N–H and O–H groups in total. The minimum Gasteiger partial charge on any atom is -0.466 e. The van der Waals surface area contributed by atoms with Crippen LogP contribution < -0.4 is 4.90 Å². The van der Waals surface area contributed by atoms with Gasteiger partial charge in [0, 0.05) is 5.56 Å². The maximum atomic E-state index is 13.8. The molecule has 1 aliphatic heterocycles. The van der Waals surface area contributed by atoms with Crippen LogP contribution in [0.15, 0.2) is 66.7 Å². The van der Waals surface area contributed by atoms with Gasteiger partial charge in [-0.2, -0.15) is 0 Å². The highest BCUT2D eigenvalue weighted by atomic mass is 32.2. The lowest BCUT2D eigenvalue weighted by atomic mass is 9.92. The number of benzene rings is 2. The summed E-state index contributed by atoms with van der Waals surface area (Å²) in [5, 5.41) is 0. The molecule has 0 aromatic heterocycles. The second-order valence-corrected chi connectivity index (χ2v) is 9.91. The number of carbonyl (C=O) groups excluding carboxylic acids is 4. The predicted molar refractivity (Wildman–Crippen MR) is 132 cm³/mol. The molecule has 1 unspecified atom stereocenters. The van der Waals surface area contributed by atoms with Crippen LogP contribution in [0.4, 0.5) is 10.5 Å². The number of esters is 2. The molecule has 3 rings (SSSR count). The number of nitrogens with zero attached hydrogens (tertiary/aromatic N) is 1. The number of fused-ring (bicyclic) bond motifs is 1. The van der Waals surface area contributed by atoms with E-state index in [9.17, 15) is 19.2 Å². The first-order valence-electron chi connectivity index (χ1n) is 10.8. The summed E-state index contributed by atoms with van der Waals surface area (Å²) in [7, 11) is 1.16. The van der Waals surface area contributed by atoms with Crippen LogP contribution in [0.2, 0.25) is 0 Å². The number of imide groups is 1. The fourth-order valence-corrected chi connectivity index (χ4v) is 4.79. The normalized spacial score (nSPS) is 16.9. The van der Waals surface area contributed by atoms with E-state index in [4.69, 9.17) is 14.2 Å². The third-order valence-electron chi connectivity index (χ3n) is 5.11. The number of thioether (sulfide) groups is 1. The van der Waals surface area contributed by atoms with Gasteiger partial charge in [0.1, 0.15) is 12.2 Å². The number of carbonyl (C=O) groups is 4. The number of amides is 2. The van der Waals surface area contributed by atoms with E-state index < -0.39 is 34.3 Å². The summed E-state index contributed by atoms with van der Waals surface area (Å²) in [6.45, 7) is 8.91. The van der Waals surface area contributed by atoms with Crippen molar-refractivity contribution in [1.29, 1.82) is 0 Å². The summed E-state index contributed by atoms with van der Waals surface area (Å²) < 4.78 is 13.8. The van der Waals surface area contributed by atoms with E-state index in [2.05, 4.69) is 6.58 Å². The number of rotatable bonds is 7. The van der Waals surface area contributed by atoms with Gasteiger partial charge < -0.3 is 14.2 Å². The molecule has 0 bridgehead atoms. The average Bonchev–Trinajstić information content (AvgIpc) is 3.08. The first-order chi connectivity index (χ1) is 16.5. The minimum absolute atomic E-state index is 0.0553. The lowest BCUT2D eigenvalue weighted by Crippen LogP contribution is -2.46. The zero-order chi connectivity index (χ0) is 25.8. The van der Waals surface area contributed by atoms with Crippen LogP contribution in [0.1, 0.15) is 31.9 Å². The first-order valence-corrected chi connectivity index (χ1v) is 11.8. The van der Waals surface area contributed by atoms with Crippen molar-refractivity contribution < 1.29 is 33.4 Å². The molecule has 0 saturated carbocycles. The number of anilines is 1. The second kappa shape index (κ2) is 10.4. The van der Waals surface area contributed by atoms with Gasteiger partial charge in [0.2, 0.25) is 0 Å². The molecule has 0 spiro atoms. The van der Waals surface area contributed by atoms with E-state index in [0.29, 0.717) is 5.56 Å². The fraction of sp³-hybridized carbons (Fsp3) is 0.308. The molecule has 0 aliphatic carbocycles. The first kappa shape index (κ1) is 26.0. The van der Waals surface area contributed by atoms with E-state index in [-0.39, 0.29) is 23.6 Å². The lowest BCUT2D eigenvalue weighted by molar-refractivity contribution is -0.141. The van der Waals surface area contributed by atoms with Crippen molar-refractivity contribution in [1.82, 2.24) is 0 Å². The quantitative estimate of drug-likeness (QED) is 0.316. The number of hydrogen-bond acceptors (Lipinski definition) is 8. The van der Waals surface area contributed by atoms with Crippen LogP contribution >= 0.6 is 11.8 Å². The van der Waals surface area contributed by atoms with E-state index in [1.54, 1.807) is 45.0 Å². The Hall–Kier alpha value is -3.59. The molecule has 9 heteroatoms. The Kier molecular flexibility index (Phi) is 7.70. The molecule has 1 atom stereocenters. The van der Waals surface area contributed by atoms with E-state index in [0.717, 1.165) is 29.3 Å². The molecular formula is C26H27NO7S. The van der Waals surface area contributed by atoms with Gasteiger partial charge in [-0.05, 0) is 32.4 Å². The molecule has 0 radical (unpaired) electrons. The smallest absolute Gasteiger partial charge is 0.421 e.